The standard InChI is InChI=1S/C14H15NO/c1-14(2,3)11-6-4-5-9-10-7-15-8-12(10)16-13(9)11/h4-6,8H,7H2,1-3H3. The van der Waals surface area contributed by atoms with Gasteiger partial charge in [0.2, 0.25) is 0 Å². The van der Waals surface area contributed by atoms with Crippen LogP contribution in [0.5, 0.6) is 0 Å². The van der Waals surface area contributed by atoms with Gasteiger partial charge in [-0.15, -0.1) is 0 Å². The van der Waals surface area contributed by atoms with Crippen molar-refractivity contribution >= 4 is 17.2 Å². The molecule has 1 aliphatic heterocycles. The molecule has 0 aliphatic carbocycles. The highest BCUT2D eigenvalue weighted by Crippen LogP contribution is 2.35. The van der Waals surface area contributed by atoms with E-state index in [-0.39, 0.29) is 5.41 Å². The number of benzene rings is 1. The van der Waals surface area contributed by atoms with E-state index in [1.165, 1.54) is 16.5 Å². The quantitative estimate of drug-likeness (QED) is 0.655. The fourth-order valence-corrected chi connectivity index (χ4v) is 2.27. The number of para-hydroxylation sites is 1. The second-order valence-electron chi connectivity index (χ2n) is 5.35. The maximum absolute atomic E-state index is 5.92. The average molecular weight is 213 g/mol. The van der Waals surface area contributed by atoms with Gasteiger partial charge in [-0.1, -0.05) is 39.0 Å². The first kappa shape index (κ1) is 9.64. The summed E-state index contributed by atoms with van der Waals surface area (Å²) in [5.41, 5.74) is 3.66. The van der Waals surface area contributed by atoms with Crippen LogP contribution in [0.25, 0.3) is 11.0 Å². The predicted molar refractivity (Wildman–Crippen MR) is 66.2 cm³/mol. The van der Waals surface area contributed by atoms with E-state index < -0.39 is 0 Å². The monoisotopic (exact) mass is 213 g/mol. The second kappa shape index (κ2) is 2.97. The van der Waals surface area contributed by atoms with Crippen LogP contribution >= 0.6 is 0 Å². The van der Waals surface area contributed by atoms with Gasteiger partial charge < -0.3 is 4.42 Å². The minimum absolute atomic E-state index is 0.113. The van der Waals surface area contributed by atoms with Crippen LogP contribution in [0, 0.1) is 0 Å². The Morgan fingerprint density at radius 3 is 2.81 bits per heavy atom. The van der Waals surface area contributed by atoms with Crippen LogP contribution in [0.4, 0.5) is 0 Å². The molecule has 2 heterocycles. The summed E-state index contributed by atoms with van der Waals surface area (Å²) < 4.78 is 5.92. The van der Waals surface area contributed by atoms with Crippen LogP contribution in [0.1, 0.15) is 37.7 Å². The lowest BCUT2D eigenvalue weighted by molar-refractivity contribution is 0.555. The maximum Gasteiger partial charge on any atom is 0.151 e. The van der Waals surface area contributed by atoms with Gasteiger partial charge in [-0.3, -0.25) is 4.99 Å². The van der Waals surface area contributed by atoms with Gasteiger partial charge in [0.25, 0.3) is 0 Å². The molecule has 1 aromatic carbocycles. The van der Waals surface area contributed by atoms with Crippen molar-refractivity contribution in [2.45, 2.75) is 32.7 Å². The van der Waals surface area contributed by atoms with Crippen LogP contribution in [-0.2, 0) is 12.0 Å². The average Bonchev–Trinajstić information content (AvgIpc) is 2.74. The van der Waals surface area contributed by atoms with E-state index in [1.807, 2.05) is 6.21 Å². The fraction of sp³-hybridized carbons (Fsp3) is 0.357. The molecular formula is C14H15NO. The molecule has 2 aromatic rings. The Labute approximate surface area is 95.0 Å². The number of aliphatic imine (C=N–C) groups is 1. The van der Waals surface area contributed by atoms with Crippen LogP contribution in [-0.4, -0.2) is 6.21 Å². The third-order valence-corrected chi connectivity index (χ3v) is 3.12. The number of hydrogen-bond donors (Lipinski definition) is 0. The van der Waals surface area contributed by atoms with Crippen molar-refractivity contribution < 1.29 is 4.42 Å². The van der Waals surface area contributed by atoms with Gasteiger partial charge in [0.15, 0.2) is 5.76 Å². The van der Waals surface area contributed by atoms with E-state index in [0.29, 0.717) is 0 Å². The van der Waals surface area contributed by atoms with Gasteiger partial charge in [0.1, 0.15) is 5.58 Å². The Bertz CT molecular complexity index is 585. The summed E-state index contributed by atoms with van der Waals surface area (Å²) in [6, 6.07) is 6.39. The predicted octanol–water partition coefficient (Wildman–Crippen LogP) is 3.66. The van der Waals surface area contributed by atoms with Gasteiger partial charge in [0, 0.05) is 16.5 Å². The molecule has 0 N–H and O–H groups in total. The Morgan fingerprint density at radius 2 is 2.06 bits per heavy atom. The maximum atomic E-state index is 5.92. The number of nitrogens with zero attached hydrogens (tertiary/aromatic N) is 1. The molecule has 0 saturated carbocycles. The Balaban J connectivity index is 2.36. The van der Waals surface area contributed by atoms with E-state index in [1.54, 1.807) is 0 Å². The Morgan fingerprint density at radius 1 is 1.25 bits per heavy atom. The topological polar surface area (TPSA) is 25.5 Å². The zero-order valence-electron chi connectivity index (χ0n) is 9.87. The van der Waals surface area contributed by atoms with Crippen molar-refractivity contribution in [1.29, 1.82) is 0 Å². The third kappa shape index (κ3) is 1.22. The van der Waals surface area contributed by atoms with E-state index >= 15 is 0 Å². The van der Waals surface area contributed by atoms with Crippen LogP contribution in [0.3, 0.4) is 0 Å². The first-order valence-corrected chi connectivity index (χ1v) is 5.62. The summed E-state index contributed by atoms with van der Waals surface area (Å²) in [4.78, 5) is 4.23. The number of fused-ring (bicyclic) bond motifs is 3. The van der Waals surface area contributed by atoms with E-state index in [0.717, 1.165) is 17.9 Å². The molecule has 0 unspecified atom stereocenters. The largest absolute Gasteiger partial charge is 0.454 e. The van der Waals surface area contributed by atoms with Gasteiger partial charge in [-0.2, -0.15) is 0 Å². The van der Waals surface area contributed by atoms with Crippen molar-refractivity contribution in [1.82, 2.24) is 0 Å². The lowest BCUT2D eigenvalue weighted by atomic mass is 9.86. The molecule has 0 bridgehead atoms. The summed E-state index contributed by atoms with van der Waals surface area (Å²) in [6.45, 7) is 7.40. The molecule has 0 amide bonds. The van der Waals surface area contributed by atoms with Crippen molar-refractivity contribution in [3.8, 4) is 0 Å². The lowest BCUT2D eigenvalue weighted by Gasteiger charge is -2.18. The third-order valence-electron chi connectivity index (χ3n) is 3.12. The SMILES string of the molecule is CC(C)(C)c1cccc2c3c(oc12)C=NC3. The Hall–Kier alpha value is -1.57. The highest BCUT2D eigenvalue weighted by molar-refractivity contribution is 5.95. The minimum atomic E-state index is 0.113. The van der Waals surface area contributed by atoms with Crippen LogP contribution < -0.4 is 0 Å². The molecule has 16 heavy (non-hydrogen) atoms. The van der Waals surface area contributed by atoms with Crippen molar-refractivity contribution in [3.05, 3.63) is 35.1 Å². The van der Waals surface area contributed by atoms with Gasteiger partial charge in [-0.05, 0) is 5.41 Å². The first-order valence-electron chi connectivity index (χ1n) is 5.62. The lowest BCUT2D eigenvalue weighted by Crippen LogP contribution is -2.11. The summed E-state index contributed by atoms with van der Waals surface area (Å²) >= 11 is 0. The molecule has 0 fully saturated rings. The highest BCUT2D eigenvalue weighted by atomic mass is 16.3. The molecule has 2 nitrogen and oxygen atoms in total. The summed E-state index contributed by atoms with van der Waals surface area (Å²) in [5.74, 6) is 0.937. The van der Waals surface area contributed by atoms with E-state index in [9.17, 15) is 0 Å². The van der Waals surface area contributed by atoms with Gasteiger partial charge >= 0.3 is 0 Å². The zero-order chi connectivity index (χ0) is 11.3. The molecule has 1 aliphatic rings. The van der Waals surface area contributed by atoms with Gasteiger partial charge in [-0.25, -0.2) is 0 Å². The van der Waals surface area contributed by atoms with Crippen molar-refractivity contribution in [2.24, 2.45) is 4.99 Å². The Kier molecular flexibility index (Phi) is 1.79. The number of rotatable bonds is 0. The molecule has 82 valence electrons. The number of furan rings is 1. The van der Waals surface area contributed by atoms with E-state index in [2.05, 4.69) is 44.0 Å². The molecule has 0 spiro atoms. The molecule has 3 rings (SSSR count). The molecular weight excluding hydrogens is 198 g/mol. The van der Waals surface area contributed by atoms with E-state index in [4.69, 9.17) is 4.42 Å². The molecule has 0 radical (unpaired) electrons. The molecule has 0 atom stereocenters. The summed E-state index contributed by atoms with van der Waals surface area (Å²) in [5, 5.41) is 1.22. The highest BCUT2D eigenvalue weighted by Gasteiger charge is 2.23. The fourth-order valence-electron chi connectivity index (χ4n) is 2.27. The smallest absolute Gasteiger partial charge is 0.151 e. The van der Waals surface area contributed by atoms with Crippen molar-refractivity contribution in [3.63, 3.8) is 0 Å². The molecule has 2 heteroatoms. The number of hydrogen-bond acceptors (Lipinski definition) is 2. The minimum Gasteiger partial charge on any atom is -0.454 e. The zero-order valence-corrected chi connectivity index (χ0v) is 9.87. The van der Waals surface area contributed by atoms with Crippen molar-refractivity contribution in [2.75, 3.05) is 0 Å². The summed E-state index contributed by atoms with van der Waals surface area (Å²) in [6.07, 6.45) is 1.84. The second-order valence-corrected chi connectivity index (χ2v) is 5.35. The normalized spacial score (nSPS) is 14.7. The van der Waals surface area contributed by atoms with Crippen LogP contribution in [0.2, 0.25) is 0 Å². The van der Waals surface area contributed by atoms with Gasteiger partial charge in [0.05, 0.1) is 12.8 Å². The summed E-state index contributed by atoms with van der Waals surface area (Å²) in [7, 11) is 0. The molecule has 0 saturated heterocycles. The molecule has 1 aromatic heterocycles. The van der Waals surface area contributed by atoms with Crippen LogP contribution in [0.15, 0.2) is 27.6 Å². The first-order chi connectivity index (χ1) is 7.57.